The molecule has 1 rings (SSSR count). The molecule has 116 valence electrons. The van der Waals surface area contributed by atoms with Gasteiger partial charge in [-0.1, -0.05) is 6.42 Å². The lowest BCUT2D eigenvalue weighted by molar-refractivity contribution is 0.521. The topological polar surface area (TPSA) is 88.3 Å². The fourth-order valence-corrected chi connectivity index (χ4v) is 4.18. The van der Waals surface area contributed by atoms with E-state index in [1.165, 1.54) is 20.5 Å². The Balaban J connectivity index is 2.64. The number of hydrogen-bond acceptors (Lipinski definition) is 7. The lowest BCUT2D eigenvalue weighted by Gasteiger charge is -2.12. The summed E-state index contributed by atoms with van der Waals surface area (Å²) in [6.45, 7) is 0.728. The lowest BCUT2D eigenvalue weighted by atomic mass is 10.2. The Bertz CT molecular complexity index is 514. The smallest absolute Gasteiger partial charge is 0.249 e. The van der Waals surface area contributed by atoms with E-state index >= 15 is 0 Å². The summed E-state index contributed by atoms with van der Waals surface area (Å²) in [5.41, 5.74) is 5.69. The van der Waals surface area contributed by atoms with Gasteiger partial charge in [0.15, 0.2) is 10.7 Å². The first kappa shape index (κ1) is 17.5. The van der Waals surface area contributed by atoms with E-state index in [4.69, 9.17) is 5.73 Å². The SMILES string of the molecule is CSCCCCCNc1snc(N)c1S(=O)(=O)N(C)C. The van der Waals surface area contributed by atoms with Gasteiger partial charge in [-0.2, -0.15) is 16.1 Å². The van der Waals surface area contributed by atoms with Crippen molar-refractivity contribution < 1.29 is 8.42 Å². The van der Waals surface area contributed by atoms with Crippen molar-refractivity contribution in [1.82, 2.24) is 8.68 Å². The van der Waals surface area contributed by atoms with Crippen molar-refractivity contribution in [2.45, 2.75) is 24.2 Å². The molecule has 1 aromatic rings. The highest BCUT2D eigenvalue weighted by Crippen LogP contribution is 2.32. The van der Waals surface area contributed by atoms with E-state index in [1.54, 1.807) is 0 Å². The van der Waals surface area contributed by atoms with Crippen molar-refractivity contribution in [3.8, 4) is 0 Å². The standard InChI is InChI=1S/C11H22N4O2S3/c1-15(2)20(16,17)9-10(12)14-19-11(9)13-7-5-4-6-8-18-3/h13H,4-8H2,1-3H3,(H2,12,14). The molecule has 9 heteroatoms. The summed E-state index contributed by atoms with van der Waals surface area (Å²) in [5.74, 6) is 1.22. The molecule has 0 spiro atoms. The van der Waals surface area contributed by atoms with Gasteiger partial charge >= 0.3 is 0 Å². The zero-order valence-electron chi connectivity index (χ0n) is 12.0. The molecule has 0 fully saturated rings. The third-order valence-electron chi connectivity index (χ3n) is 2.72. The predicted octanol–water partition coefficient (Wildman–Crippen LogP) is 1.92. The quantitative estimate of drug-likeness (QED) is 0.669. The minimum absolute atomic E-state index is 0.0635. The van der Waals surface area contributed by atoms with E-state index in [2.05, 4.69) is 15.9 Å². The van der Waals surface area contributed by atoms with Crippen molar-refractivity contribution in [1.29, 1.82) is 0 Å². The highest BCUT2D eigenvalue weighted by Gasteiger charge is 2.27. The van der Waals surface area contributed by atoms with Gasteiger partial charge < -0.3 is 11.1 Å². The number of nitrogens with two attached hydrogens (primary N) is 1. The molecule has 0 bridgehead atoms. The zero-order valence-corrected chi connectivity index (χ0v) is 14.5. The summed E-state index contributed by atoms with van der Waals surface area (Å²) in [6, 6.07) is 0. The highest BCUT2D eigenvalue weighted by atomic mass is 32.2. The van der Waals surface area contributed by atoms with E-state index in [9.17, 15) is 8.42 Å². The molecule has 0 aromatic carbocycles. The van der Waals surface area contributed by atoms with Gasteiger partial charge in [-0.3, -0.25) is 0 Å². The minimum atomic E-state index is -3.56. The molecule has 1 heterocycles. The minimum Gasteiger partial charge on any atom is -0.382 e. The first-order valence-electron chi connectivity index (χ1n) is 6.31. The molecule has 0 saturated carbocycles. The molecule has 0 saturated heterocycles. The molecular weight excluding hydrogens is 316 g/mol. The molecule has 1 aromatic heterocycles. The normalized spacial score (nSPS) is 12.0. The summed E-state index contributed by atoms with van der Waals surface area (Å²) in [4.78, 5) is 0.0941. The Morgan fingerprint density at radius 2 is 2.05 bits per heavy atom. The Kier molecular flexibility index (Phi) is 7.07. The predicted molar refractivity (Wildman–Crippen MR) is 88.1 cm³/mol. The first-order chi connectivity index (χ1) is 9.41. The van der Waals surface area contributed by atoms with Crippen molar-refractivity contribution in [3.63, 3.8) is 0 Å². The second kappa shape index (κ2) is 8.06. The molecule has 0 unspecified atom stereocenters. The van der Waals surface area contributed by atoms with Crippen LogP contribution in [0.4, 0.5) is 10.8 Å². The van der Waals surface area contributed by atoms with E-state index in [-0.39, 0.29) is 10.7 Å². The number of rotatable bonds is 9. The maximum Gasteiger partial charge on any atom is 0.249 e. The van der Waals surface area contributed by atoms with Crippen molar-refractivity contribution in [3.05, 3.63) is 0 Å². The molecule has 0 aliphatic rings. The molecule has 0 atom stereocenters. The van der Waals surface area contributed by atoms with Gasteiger partial charge in [-0.15, -0.1) is 0 Å². The molecule has 0 aliphatic heterocycles. The first-order valence-corrected chi connectivity index (χ1v) is 9.92. The highest BCUT2D eigenvalue weighted by molar-refractivity contribution is 7.98. The van der Waals surface area contributed by atoms with Crippen LogP contribution in [-0.2, 0) is 10.0 Å². The van der Waals surface area contributed by atoms with Crippen LogP contribution in [-0.4, -0.2) is 49.7 Å². The third-order valence-corrected chi connectivity index (χ3v) is 6.26. The number of nitrogens with one attached hydrogen (secondary N) is 1. The van der Waals surface area contributed by atoms with Crippen LogP contribution in [0, 0.1) is 0 Å². The van der Waals surface area contributed by atoms with E-state index in [0.29, 0.717) is 5.00 Å². The van der Waals surface area contributed by atoms with Gasteiger partial charge in [-0.25, -0.2) is 12.7 Å². The summed E-state index contributed by atoms with van der Waals surface area (Å²) in [7, 11) is -0.586. The summed E-state index contributed by atoms with van der Waals surface area (Å²) >= 11 is 2.93. The Morgan fingerprint density at radius 1 is 1.35 bits per heavy atom. The molecule has 0 amide bonds. The molecule has 3 N–H and O–H groups in total. The van der Waals surface area contributed by atoms with Crippen LogP contribution in [0.1, 0.15) is 19.3 Å². The molecule has 0 radical (unpaired) electrons. The van der Waals surface area contributed by atoms with Gasteiger partial charge in [-0.05, 0) is 36.4 Å². The number of sulfonamides is 1. The average molecular weight is 339 g/mol. The van der Waals surface area contributed by atoms with Crippen LogP contribution < -0.4 is 11.1 Å². The number of aromatic nitrogens is 1. The Morgan fingerprint density at radius 3 is 2.65 bits per heavy atom. The van der Waals surface area contributed by atoms with Crippen LogP contribution >= 0.6 is 23.3 Å². The molecule has 0 aliphatic carbocycles. The van der Waals surface area contributed by atoms with Crippen molar-refractivity contribution >= 4 is 44.1 Å². The molecule has 20 heavy (non-hydrogen) atoms. The maximum absolute atomic E-state index is 12.2. The fourth-order valence-electron chi connectivity index (χ4n) is 1.59. The van der Waals surface area contributed by atoms with Gasteiger partial charge in [0.1, 0.15) is 5.00 Å². The van der Waals surface area contributed by atoms with Gasteiger partial charge in [0.05, 0.1) is 0 Å². The van der Waals surface area contributed by atoms with Crippen LogP contribution in [0.5, 0.6) is 0 Å². The van der Waals surface area contributed by atoms with Gasteiger partial charge in [0, 0.05) is 20.6 Å². The van der Waals surface area contributed by atoms with Crippen LogP contribution in [0.2, 0.25) is 0 Å². The number of anilines is 2. The Hall–Kier alpha value is -0.510. The number of nitrogens with zero attached hydrogens (tertiary/aromatic N) is 2. The van der Waals surface area contributed by atoms with E-state index < -0.39 is 10.0 Å². The number of hydrogen-bond donors (Lipinski definition) is 2. The van der Waals surface area contributed by atoms with Crippen LogP contribution in [0.15, 0.2) is 4.90 Å². The van der Waals surface area contributed by atoms with Crippen molar-refractivity contribution in [2.24, 2.45) is 0 Å². The van der Waals surface area contributed by atoms with Crippen LogP contribution in [0.3, 0.4) is 0 Å². The second-order valence-electron chi connectivity index (χ2n) is 4.49. The van der Waals surface area contributed by atoms with E-state index in [0.717, 1.165) is 41.0 Å². The summed E-state index contributed by atoms with van der Waals surface area (Å²) in [5, 5.41) is 3.66. The third kappa shape index (κ3) is 4.51. The average Bonchev–Trinajstić information content (AvgIpc) is 2.75. The van der Waals surface area contributed by atoms with Crippen molar-refractivity contribution in [2.75, 3.05) is 43.7 Å². The molecular formula is C11H22N4O2S3. The van der Waals surface area contributed by atoms with Gasteiger partial charge in [0.25, 0.3) is 0 Å². The second-order valence-corrected chi connectivity index (χ2v) is 8.34. The number of nitrogen functional groups attached to an aromatic ring is 1. The van der Waals surface area contributed by atoms with Crippen LogP contribution in [0.25, 0.3) is 0 Å². The largest absolute Gasteiger partial charge is 0.382 e. The zero-order chi connectivity index (χ0) is 15.2. The lowest BCUT2D eigenvalue weighted by Crippen LogP contribution is -2.23. The number of unbranched alkanes of at least 4 members (excludes halogenated alkanes) is 2. The molecule has 6 nitrogen and oxygen atoms in total. The monoisotopic (exact) mass is 338 g/mol. The summed E-state index contributed by atoms with van der Waals surface area (Å²) in [6.07, 6.45) is 5.39. The summed E-state index contributed by atoms with van der Waals surface area (Å²) < 4.78 is 29.4. The Labute approximate surface area is 129 Å². The van der Waals surface area contributed by atoms with Gasteiger partial charge in [0.2, 0.25) is 10.0 Å². The maximum atomic E-state index is 12.2. The fraction of sp³-hybridized carbons (Fsp3) is 0.727. The van der Waals surface area contributed by atoms with E-state index in [1.807, 2.05) is 11.8 Å². The number of thioether (sulfide) groups is 1.